The van der Waals surface area contributed by atoms with Gasteiger partial charge in [0.1, 0.15) is 0 Å². The molecule has 3 amide bonds. The van der Waals surface area contributed by atoms with E-state index in [2.05, 4.69) is 34.2 Å². The maximum absolute atomic E-state index is 13.1. The molecule has 0 bridgehead atoms. The number of esters is 1. The minimum Gasteiger partial charge on any atom is -0.464 e. The molecule has 0 aromatic heterocycles. The fourth-order valence-electron chi connectivity index (χ4n) is 4.71. The predicted octanol–water partition coefficient (Wildman–Crippen LogP) is 6.52. The lowest BCUT2D eigenvalue weighted by molar-refractivity contribution is -0.152. The number of carbonyl (C=O) groups excluding carboxylic acids is 3. The lowest BCUT2D eigenvalue weighted by atomic mass is 9.91. The SMILES string of the molecule is CCOC(=O)[C@H](O)CNC(=O)c1ccc(C(NC(=O)Nc2cc(Cl)cc(Cl)c2)c2ccc(C3=CCCCC3)cc2)cc1. The summed E-state index contributed by atoms with van der Waals surface area (Å²) in [5.41, 5.74) is 4.85. The summed E-state index contributed by atoms with van der Waals surface area (Å²) in [7, 11) is 0. The van der Waals surface area contributed by atoms with Gasteiger partial charge in [0.05, 0.1) is 19.2 Å². The Hall–Kier alpha value is -3.85. The Kier molecular flexibility index (Phi) is 11.0. The topological polar surface area (TPSA) is 117 Å². The van der Waals surface area contributed by atoms with Crippen LogP contribution in [0.15, 0.2) is 72.8 Å². The molecule has 0 radical (unpaired) electrons. The summed E-state index contributed by atoms with van der Waals surface area (Å²) in [4.78, 5) is 37.3. The zero-order chi connectivity index (χ0) is 30.1. The number of amides is 3. The van der Waals surface area contributed by atoms with E-state index in [1.165, 1.54) is 18.4 Å². The summed E-state index contributed by atoms with van der Waals surface area (Å²) in [6.45, 7) is 1.48. The van der Waals surface area contributed by atoms with E-state index in [0.29, 0.717) is 21.3 Å². The van der Waals surface area contributed by atoms with Crippen LogP contribution in [0.25, 0.3) is 5.57 Å². The number of hydrogen-bond acceptors (Lipinski definition) is 5. The Morgan fingerprint density at radius 3 is 2.17 bits per heavy atom. The Morgan fingerprint density at radius 2 is 1.57 bits per heavy atom. The number of urea groups is 1. The first-order valence-electron chi connectivity index (χ1n) is 13.8. The first-order valence-corrected chi connectivity index (χ1v) is 14.5. The highest BCUT2D eigenvalue weighted by molar-refractivity contribution is 6.35. The van der Waals surface area contributed by atoms with Crippen molar-refractivity contribution < 1.29 is 24.2 Å². The zero-order valence-electron chi connectivity index (χ0n) is 23.2. The van der Waals surface area contributed by atoms with Crippen molar-refractivity contribution in [2.45, 2.75) is 44.8 Å². The van der Waals surface area contributed by atoms with Gasteiger partial charge in [0.2, 0.25) is 0 Å². The van der Waals surface area contributed by atoms with Crippen molar-refractivity contribution in [3.8, 4) is 0 Å². The molecule has 4 N–H and O–H groups in total. The summed E-state index contributed by atoms with van der Waals surface area (Å²) in [6.07, 6.45) is 5.34. The molecule has 42 heavy (non-hydrogen) atoms. The van der Waals surface area contributed by atoms with Crippen LogP contribution < -0.4 is 16.0 Å². The number of rotatable bonds is 10. The van der Waals surface area contributed by atoms with Gasteiger partial charge in [-0.05, 0) is 85.2 Å². The molecule has 3 aromatic carbocycles. The van der Waals surface area contributed by atoms with E-state index in [9.17, 15) is 19.5 Å². The molecular formula is C32H33Cl2N3O5. The molecular weight excluding hydrogens is 577 g/mol. The quantitative estimate of drug-likeness (QED) is 0.195. The number of anilines is 1. The summed E-state index contributed by atoms with van der Waals surface area (Å²) in [5.74, 6) is -1.26. The van der Waals surface area contributed by atoms with Crippen LogP contribution in [0, 0.1) is 0 Å². The van der Waals surface area contributed by atoms with Gasteiger partial charge in [-0.1, -0.05) is 65.7 Å². The van der Waals surface area contributed by atoms with Gasteiger partial charge in [-0.2, -0.15) is 0 Å². The largest absolute Gasteiger partial charge is 0.464 e. The maximum atomic E-state index is 13.1. The van der Waals surface area contributed by atoms with Crippen molar-refractivity contribution in [1.29, 1.82) is 0 Å². The lowest BCUT2D eigenvalue weighted by Crippen LogP contribution is -2.37. The Labute approximate surface area is 255 Å². The molecule has 2 atom stereocenters. The maximum Gasteiger partial charge on any atom is 0.336 e. The molecule has 0 heterocycles. The minimum atomic E-state index is -1.46. The smallest absolute Gasteiger partial charge is 0.336 e. The van der Waals surface area contributed by atoms with Crippen LogP contribution in [0.3, 0.4) is 0 Å². The minimum absolute atomic E-state index is 0.131. The van der Waals surface area contributed by atoms with Crippen LogP contribution in [-0.4, -0.2) is 42.3 Å². The number of nitrogens with one attached hydrogen (secondary N) is 3. The second-order valence-corrected chi connectivity index (χ2v) is 10.8. The third-order valence-electron chi connectivity index (χ3n) is 6.82. The van der Waals surface area contributed by atoms with E-state index in [-0.39, 0.29) is 13.2 Å². The zero-order valence-corrected chi connectivity index (χ0v) is 24.7. The normalized spacial score (nSPS) is 14.2. The van der Waals surface area contributed by atoms with Crippen LogP contribution in [0.1, 0.15) is 65.7 Å². The molecule has 0 saturated heterocycles. The molecule has 0 aliphatic heterocycles. The van der Waals surface area contributed by atoms with Gasteiger partial charge in [0.25, 0.3) is 5.91 Å². The van der Waals surface area contributed by atoms with Crippen molar-refractivity contribution in [2.24, 2.45) is 0 Å². The molecule has 0 saturated carbocycles. The van der Waals surface area contributed by atoms with E-state index >= 15 is 0 Å². The second-order valence-electron chi connectivity index (χ2n) is 9.89. The fourth-order valence-corrected chi connectivity index (χ4v) is 5.24. The first-order chi connectivity index (χ1) is 20.2. The van der Waals surface area contributed by atoms with Crippen molar-refractivity contribution in [2.75, 3.05) is 18.5 Å². The molecule has 3 aromatic rings. The summed E-state index contributed by atoms with van der Waals surface area (Å²) in [6, 6.07) is 18.6. The van der Waals surface area contributed by atoms with Crippen molar-refractivity contribution >= 4 is 52.4 Å². The molecule has 4 rings (SSSR count). The second kappa shape index (κ2) is 14.9. The van der Waals surface area contributed by atoms with Crippen LogP contribution in [0.2, 0.25) is 10.0 Å². The molecule has 0 spiro atoms. The Bertz CT molecular complexity index is 1420. The van der Waals surface area contributed by atoms with Crippen LogP contribution >= 0.6 is 23.2 Å². The number of carbonyl (C=O) groups is 3. The number of aliphatic hydroxyl groups is 1. The molecule has 8 nitrogen and oxygen atoms in total. The number of aliphatic hydroxyl groups excluding tert-OH is 1. The third kappa shape index (κ3) is 8.58. The van der Waals surface area contributed by atoms with Crippen molar-refractivity contribution in [1.82, 2.24) is 10.6 Å². The van der Waals surface area contributed by atoms with Gasteiger partial charge in [0.15, 0.2) is 6.10 Å². The average molecular weight is 611 g/mol. The monoisotopic (exact) mass is 609 g/mol. The Balaban J connectivity index is 1.53. The number of ether oxygens (including phenoxy) is 1. The first kappa shape index (κ1) is 31.1. The fraction of sp³-hybridized carbons (Fsp3) is 0.281. The van der Waals surface area contributed by atoms with Gasteiger partial charge in [0, 0.05) is 21.3 Å². The van der Waals surface area contributed by atoms with E-state index in [1.54, 1.807) is 49.4 Å². The van der Waals surface area contributed by atoms with Crippen molar-refractivity contribution in [3.63, 3.8) is 0 Å². The summed E-state index contributed by atoms with van der Waals surface area (Å²) < 4.78 is 4.75. The average Bonchev–Trinajstić information content (AvgIpc) is 2.99. The summed E-state index contributed by atoms with van der Waals surface area (Å²) >= 11 is 12.2. The van der Waals surface area contributed by atoms with E-state index in [4.69, 9.17) is 27.9 Å². The molecule has 220 valence electrons. The number of halogens is 2. The van der Waals surface area contributed by atoms with Crippen LogP contribution in [0.5, 0.6) is 0 Å². The molecule has 1 unspecified atom stereocenters. The van der Waals surface area contributed by atoms with Crippen molar-refractivity contribution in [3.05, 3.63) is 105 Å². The van der Waals surface area contributed by atoms with E-state index in [0.717, 1.165) is 29.5 Å². The highest BCUT2D eigenvalue weighted by atomic mass is 35.5. The lowest BCUT2D eigenvalue weighted by Gasteiger charge is -2.22. The standard InChI is InChI=1S/C32H33Cl2N3O5/c1-2-42-31(40)28(38)19-35-30(39)24-14-12-23(13-15-24)29(37-32(41)36-27-17-25(33)16-26(34)18-27)22-10-8-21(9-11-22)20-6-4-3-5-7-20/h6,8-18,28-29,38H,2-5,7,19H2,1H3,(H,35,39)(H2,36,37,41)/t28-,29?/m1/s1. The van der Waals surface area contributed by atoms with E-state index < -0.39 is 30.1 Å². The van der Waals surface area contributed by atoms with E-state index in [1.807, 2.05) is 12.1 Å². The molecule has 0 fully saturated rings. The Morgan fingerprint density at radius 1 is 0.929 bits per heavy atom. The highest BCUT2D eigenvalue weighted by Gasteiger charge is 2.20. The van der Waals surface area contributed by atoms with Gasteiger partial charge in [-0.15, -0.1) is 0 Å². The number of hydrogen-bond donors (Lipinski definition) is 4. The van der Waals surface area contributed by atoms with Gasteiger partial charge in [-0.3, -0.25) is 4.79 Å². The number of benzene rings is 3. The van der Waals surface area contributed by atoms with Gasteiger partial charge < -0.3 is 25.8 Å². The summed E-state index contributed by atoms with van der Waals surface area (Å²) in [5, 5.41) is 19.0. The highest BCUT2D eigenvalue weighted by Crippen LogP contribution is 2.30. The predicted molar refractivity (Wildman–Crippen MR) is 165 cm³/mol. The van der Waals surface area contributed by atoms with Gasteiger partial charge in [-0.25, -0.2) is 9.59 Å². The van der Waals surface area contributed by atoms with Crippen LogP contribution in [0.4, 0.5) is 10.5 Å². The van der Waals surface area contributed by atoms with Gasteiger partial charge >= 0.3 is 12.0 Å². The third-order valence-corrected chi connectivity index (χ3v) is 7.26. The number of allylic oxidation sites excluding steroid dienone is 2. The molecule has 10 heteroatoms. The van der Waals surface area contributed by atoms with Crippen LogP contribution in [-0.2, 0) is 9.53 Å². The molecule has 1 aliphatic rings. The molecule has 1 aliphatic carbocycles.